The van der Waals surface area contributed by atoms with Crippen LogP contribution in [-0.4, -0.2) is 61.7 Å². The highest BCUT2D eigenvalue weighted by Gasteiger charge is 2.26. The van der Waals surface area contributed by atoms with E-state index in [1.165, 1.54) is 26.0 Å². The number of nitrogens with one attached hydrogen (secondary N) is 1. The molecule has 29 heavy (non-hydrogen) atoms. The maximum Gasteiger partial charge on any atom is 0.338 e. The van der Waals surface area contributed by atoms with Crippen molar-refractivity contribution >= 4 is 29.6 Å². The second-order valence-electron chi connectivity index (χ2n) is 6.67. The van der Waals surface area contributed by atoms with Gasteiger partial charge in [0, 0.05) is 17.1 Å². The molecular weight excluding hydrogens is 398 g/mol. The molecule has 160 valence electrons. The molecule has 0 saturated carbocycles. The van der Waals surface area contributed by atoms with Crippen molar-refractivity contribution < 1.29 is 33.7 Å². The summed E-state index contributed by atoms with van der Waals surface area (Å²) in [4.78, 5) is 36.9. The van der Waals surface area contributed by atoms with Crippen LogP contribution in [0.5, 0.6) is 5.75 Å². The molecule has 1 aliphatic heterocycles. The SMILES string of the molecule is COC(=O)[C@@H]1CSCc2ccc(OC)c(C)c2C(=O)OCCCCC(O)C(=O)N1. The quantitative estimate of drug-likeness (QED) is 0.688. The lowest BCUT2D eigenvalue weighted by molar-refractivity contribution is -0.145. The van der Waals surface area contributed by atoms with Gasteiger partial charge in [-0.3, -0.25) is 4.79 Å². The summed E-state index contributed by atoms with van der Waals surface area (Å²) in [6.07, 6.45) is -0.0438. The van der Waals surface area contributed by atoms with Gasteiger partial charge in [-0.05, 0) is 37.8 Å². The molecule has 2 rings (SSSR count). The fraction of sp³-hybridized carbons (Fsp3) is 0.550. The number of thioether (sulfide) groups is 1. The number of benzene rings is 1. The number of carbonyl (C=O) groups is 3. The standard InChI is InChI=1S/C20H27NO7S/c1-12-16(26-2)8-7-13-10-29-11-14(19(24)27-3)21-18(23)15(22)6-4-5-9-28-20(25)17(12)13/h7-8,14-15,22H,4-6,9-11H2,1-3H3,(H,21,23)/t14-,15?/m0/s1. The van der Waals surface area contributed by atoms with Crippen molar-refractivity contribution in [1.29, 1.82) is 0 Å². The summed E-state index contributed by atoms with van der Waals surface area (Å²) in [6.45, 7) is 1.98. The van der Waals surface area contributed by atoms with E-state index in [1.807, 2.05) is 0 Å². The number of fused-ring (bicyclic) bond motifs is 1. The maximum absolute atomic E-state index is 12.7. The summed E-state index contributed by atoms with van der Waals surface area (Å²) < 4.78 is 15.5. The molecule has 8 nitrogen and oxygen atoms in total. The average molecular weight is 426 g/mol. The Kier molecular flexibility index (Phi) is 8.78. The van der Waals surface area contributed by atoms with Crippen molar-refractivity contribution in [2.45, 2.75) is 44.1 Å². The van der Waals surface area contributed by atoms with E-state index in [-0.39, 0.29) is 18.8 Å². The highest BCUT2D eigenvalue weighted by Crippen LogP contribution is 2.28. The van der Waals surface area contributed by atoms with Crippen molar-refractivity contribution in [3.63, 3.8) is 0 Å². The van der Waals surface area contributed by atoms with E-state index in [0.29, 0.717) is 35.5 Å². The van der Waals surface area contributed by atoms with Gasteiger partial charge in [-0.1, -0.05) is 6.07 Å². The van der Waals surface area contributed by atoms with Gasteiger partial charge in [0.15, 0.2) is 0 Å². The van der Waals surface area contributed by atoms with Gasteiger partial charge in [0.05, 0.1) is 26.4 Å². The molecular formula is C20H27NO7S. The normalized spacial score (nSPS) is 21.7. The minimum absolute atomic E-state index is 0.182. The molecule has 1 aliphatic rings. The van der Waals surface area contributed by atoms with E-state index in [0.717, 1.165) is 5.56 Å². The smallest absolute Gasteiger partial charge is 0.338 e. The molecule has 0 saturated heterocycles. The van der Waals surface area contributed by atoms with E-state index < -0.39 is 30.0 Å². The van der Waals surface area contributed by atoms with Crippen LogP contribution < -0.4 is 10.1 Å². The predicted molar refractivity (Wildman–Crippen MR) is 108 cm³/mol. The van der Waals surface area contributed by atoms with E-state index >= 15 is 0 Å². The van der Waals surface area contributed by atoms with Gasteiger partial charge in [-0.2, -0.15) is 11.8 Å². The summed E-state index contributed by atoms with van der Waals surface area (Å²) in [7, 11) is 2.78. The third-order valence-electron chi connectivity index (χ3n) is 4.68. The van der Waals surface area contributed by atoms with Crippen molar-refractivity contribution in [3.05, 3.63) is 28.8 Å². The number of aliphatic hydroxyl groups excluding tert-OH is 1. The van der Waals surface area contributed by atoms with Gasteiger partial charge in [-0.15, -0.1) is 0 Å². The van der Waals surface area contributed by atoms with Gasteiger partial charge in [0.2, 0.25) is 5.91 Å². The van der Waals surface area contributed by atoms with Crippen molar-refractivity contribution in [2.75, 3.05) is 26.6 Å². The number of amides is 1. The molecule has 0 spiro atoms. The molecule has 0 radical (unpaired) electrons. The van der Waals surface area contributed by atoms with E-state index in [4.69, 9.17) is 14.2 Å². The van der Waals surface area contributed by atoms with Crippen LogP contribution in [0.15, 0.2) is 12.1 Å². The first kappa shape index (κ1) is 23.0. The van der Waals surface area contributed by atoms with Crippen molar-refractivity contribution in [1.82, 2.24) is 5.32 Å². The minimum atomic E-state index is -1.24. The third-order valence-corrected chi connectivity index (χ3v) is 5.76. The molecule has 1 aromatic rings. The Labute approximate surface area is 174 Å². The average Bonchev–Trinajstić information content (AvgIpc) is 2.71. The van der Waals surface area contributed by atoms with Crippen molar-refractivity contribution in [2.24, 2.45) is 0 Å². The van der Waals surface area contributed by atoms with Gasteiger partial charge in [0.25, 0.3) is 0 Å². The fourth-order valence-corrected chi connectivity index (χ4v) is 4.08. The number of aliphatic hydroxyl groups is 1. The number of carbonyl (C=O) groups excluding carboxylic acids is 3. The van der Waals surface area contributed by atoms with Crippen LogP contribution in [0.25, 0.3) is 0 Å². The Bertz CT molecular complexity index is 753. The Morgan fingerprint density at radius 1 is 1.28 bits per heavy atom. The fourth-order valence-electron chi connectivity index (χ4n) is 3.05. The first-order valence-electron chi connectivity index (χ1n) is 9.36. The zero-order valence-electron chi connectivity index (χ0n) is 16.9. The number of hydrogen-bond donors (Lipinski definition) is 2. The lowest BCUT2D eigenvalue weighted by atomic mass is 10.0. The summed E-state index contributed by atoms with van der Waals surface area (Å²) in [6, 6.07) is 2.68. The highest BCUT2D eigenvalue weighted by atomic mass is 32.2. The highest BCUT2D eigenvalue weighted by molar-refractivity contribution is 7.98. The first-order chi connectivity index (χ1) is 13.9. The molecule has 2 atom stereocenters. The second kappa shape index (κ2) is 11.1. The molecule has 0 aromatic heterocycles. The van der Waals surface area contributed by atoms with Crippen LogP contribution in [0.4, 0.5) is 0 Å². The molecule has 2 N–H and O–H groups in total. The largest absolute Gasteiger partial charge is 0.496 e. The van der Waals surface area contributed by atoms with Crippen LogP contribution in [0.2, 0.25) is 0 Å². The third kappa shape index (κ3) is 6.11. The lowest BCUT2D eigenvalue weighted by Crippen LogP contribution is -2.47. The number of hydrogen-bond acceptors (Lipinski definition) is 8. The minimum Gasteiger partial charge on any atom is -0.496 e. The molecule has 1 aromatic carbocycles. The molecule has 1 heterocycles. The number of rotatable bonds is 2. The Morgan fingerprint density at radius 2 is 2.03 bits per heavy atom. The van der Waals surface area contributed by atoms with Gasteiger partial charge >= 0.3 is 11.9 Å². The Morgan fingerprint density at radius 3 is 2.72 bits per heavy atom. The number of methoxy groups -OCH3 is 2. The molecule has 0 bridgehead atoms. The first-order valence-corrected chi connectivity index (χ1v) is 10.5. The topological polar surface area (TPSA) is 111 Å². The van der Waals surface area contributed by atoms with Crippen molar-refractivity contribution in [3.8, 4) is 5.75 Å². The summed E-state index contributed by atoms with van der Waals surface area (Å²) in [5.74, 6) is -0.411. The van der Waals surface area contributed by atoms with Crippen LogP contribution in [0, 0.1) is 6.92 Å². The Balaban J connectivity index is 2.29. The van der Waals surface area contributed by atoms with Crippen LogP contribution >= 0.6 is 11.8 Å². The molecule has 0 fully saturated rings. The van der Waals surface area contributed by atoms with Crippen LogP contribution in [0.1, 0.15) is 40.7 Å². The number of ether oxygens (including phenoxy) is 3. The lowest BCUT2D eigenvalue weighted by Gasteiger charge is -2.19. The summed E-state index contributed by atoms with van der Waals surface area (Å²) in [5, 5.41) is 12.6. The Hall–Kier alpha value is -2.26. The summed E-state index contributed by atoms with van der Waals surface area (Å²) in [5.41, 5.74) is 1.89. The zero-order chi connectivity index (χ0) is 21.4. The van der Waals surface area contributed by atoms with E-state index in [1.54, 1.807) is 19.1 Å². The van der Waals surface area contributed by atoms with Gasteiger partial charge < -0.3 is 24.6 Å². The summed E-state index contributed by atoms with van der Waals surface area (Å²) >= 11 is 1.36. The number of cyclic esters (lactones) is 1. The predicted octanol–water partition coefficient (Wildman–Crippen LogP) is 1.60. The zero-order valence-corrected chi connectivity index (χ0v) is 17.7. The monoisotopic (exact) mass is 425 g/mol. The molecule has 1 unspecified atom stereocenters. The van der Waals surface area contributed by atoms with E-state index in [2.05, 4.69) is 5.32 Å². The molecule has 9 heteroatoms. The van der Waals surface area contributed by atoms with Gasteiger partial charge in [-0.25, -0.2) is 9.59 Å². The van der Waals surface area contributed by atoms with E-state index in [9.17, 15) is 19.5 Å². The van der Waals surface area contributed by atoms with Gasteiger partial charge in [0.1, 0.15) is 17.9 Å². The maximum atomic E-state index is 12.7. The number of esters is 2. The molecule has 1 amide bonds. The molecule has 0 aliphatic carbocycles. The second-order valence-corrected chi connectivity index (χ2v) is 7.70. The van der Waals surface area contributed by atoms with Crippen LogP contribution in [-0.2, 0) is 24.8 Å². The van der Waals surface area contributed by atoms with Crippen LogP contribution in [0.3, 0.4) is 0 Å².